The van der Waals surface area contributed by atoms with Gasteiger partial charge in [0.15, 0.2) is 0 Å². The van der Waals surface area contributed by atoms with Crippen molar-refractivity contribution in [1.29, 1.82) is 0 Å². The molecule has 0 aliphatic heterocycles. The average Bonchev–Trinajstić information content (AvgIpc) is 2.86. The van der Waals surface area contributed by atoms with Gasteiger partial charge in [0, 0.05) is 12.7 Å². The second kappa shape index (κ2) is 6.51. The molecule has 0 unspecified atom stereocenters. The number of nitrogens with zero attached hydrogens (tertiary/aromatic N) is 2. The molecule has 0 radical (unpaired) electrons. The smallest absolute Gasteiger partial charge is 0.240 e. The fourth-order valence-corrected chi connectivity index (χ4v) is 3.05. The highest BCUT2D eigenvalue weighted by atomic mass is 79.9. The fourth-order valence-electron chi connectivity index (χ4n) is 1.69. The Bertz CT molecular complexity index is 665. The lowest BCUT2D eigenvalue weighted by atomic mass is 10.3. The van der Waals surface area contributed by atoms with E-state index in [0.29, 0.717) is 6.54 Å². The molecular formula is C13H16BrN3O2S. The number of nitrogens with one attached hydrogen (secondary N) is 1. The first-order valence-corrected chi connectivity index (χ1v) is 8.61. The zero-order valence-corrected chi connectivity index (χ0v) is 13.5. The molecule has 20 heavy (non-hydrogen) atoms. The molecule has 5 nitrogen and oxygen atoms in total. The number of aromatic nitrogens is 2. The molecule has 0 saturated heterocycles. The predicted molar refractivity (Wildman–Crippen MR) is 81.4 cm³/mol. The molecule has 0 saturated carbocycles. The predicted octanol–water partition coefficient (Wildman–Crippen LogP) is 2.71. The molecule has 2 rings (SSSR count). The van der Waals surface area contributed by atoms with Crippen LogP contribution in [0.2, 0.25) is 0 Å². The molecule has 2 aromatic rings. The molecule has 1 aromatic carbocycles. The molecule has 0 spiro atoms. The van der Waals surface area contributed by atoms with Crippen molar-refractivity contribution in [3.63, 3.8) is 0 Å². The Balaban J connectivity index is 2.15. The highest BCUT2D eigenvalue weighted by Crippen LogP contribution is 2.15. The molecule has 0 fully saturated rings. The van der Waals surface area contributed by atoms with Crippen LogP contribution in [0, 0.1) is 0 Å². The summed E-state index contributed by atoms with van der Waals surface area (Å²) in [5.41, 5.74) is 0.809. The number of sulfonamides is 1. The summed E-state index contributed by atoms with van der Waals surface area (Å²) in [6.45, 7) is 2.48. The summed E-state index contributed by atoms with van der Waals surface area (Å²) in [4.78, 5) is 0.267. The van der Waals surface area contributed by atoms with Crippen LogP contribution in [0.3, 0.4) is 0 Å². The Morgan fingerprint density at radius 1 is 1.30 bits per heavy atom. The number of hydrogen-bond acceptors (Lipinski definition) is 3. The fraction of sp³-hybridized carbons (Fsp3) is 0.308. The molecule has 0 aliphatic carbocycles. The third kappa shape index (κ3) is 3.68. The molecule has 0 aliphatic rings. The van der Waals surface area contributed by atoms with Crippen molar-refractivity contribution >= 4 is 26.0 Å². The molecular weight excluding hydrogens is 342 g/mol. The summed E-state index contributed by atoms with van der Waals surface area (Å²) in [5.74, 6) is 0. The van der Waals surface area contributed by atoms with Crippen molar-refractivity contribution in [3.05, 3.63) is 41.1 Å². The van der Waals surface area contributed by atoms with Gasteiger partial charge in [-0.25, -0.2) is 17.8 Å². The minimum absolute atomic E-state index is 0.267. The van der Waals surface area contributed by atoms with Crippen LogP contribution >= 0.6 is 15.9 Å². The van der Waals surface area contributed by atoms with E-state index in [0.717, 1.165) is 23.0 Å². The van der Waals surface area contributed by atoms with Crippen LogP contribution in [-0.2, 0) is 10.0 Å². The Morgan fingerprint density at radius 2 is 2.00 bits per heavy atom. The van der Waals surface area contributed by atoms with Gasteiger partial charge in [-0.1, -0.05) is 13.3 Å². The lowest BCUT2D eigenvalue weighted by Gasteiger charge is -2.07. The van der Waals surface area contributed by atoms with Crippen LogP contribution in [-0.4, -0.2) is 24.7 Å². The van der Waals surface area contributed by atoms with Crippen LogP contribution in [0.25, 0.3) is 5.69 Å². The normalized spacial score (nSPS) is 11.7. The lowest BCUT2D eigenvalue weighted by molar-refractivity contribution is 0.578. The van der Waals surface area contributed by atoms with E-state index < -0.39 is 10.0 Å². The van der Waals surface area contributed by atoms with Gasteiger partial charge in [0.25, 0.3) is 0 Å². The summed E-state index contributed by atoms with van der Waals surface area (Å²) < 4.78 is 29.2. The topological polar surface area (TPSA) is 64.0 Å². The van der Waals surface area contributed by atoms with E-state index >= 15 is 0 Å². The third-order valence-corrected chi connectivity index (χ3v) is 4.67. The van der Waals surface area contributed by atoms with E-state index in [-0.39, 0.29) is 4.90 Å². The van der Waals surface area contributed by atoms with Gasteiger partial charge in [-0.05, 0) is 46.6 Å². The number of rotatable bonds is 6. The maximum atomic E-state index is 12.0. The van der Waals surface area contributed by atoms with Crippen molar-refractivity contribution < 1.29 is 8.42 Å². The summed E-state index contributed by atoms with van der Waals surface area (Å²) in [5, 5.41) is 4.14. The number of unbranched alkanes of at least 4 members (excludes halogenated alkanes) is 1. The van der Waals surface area contributed by atoms with Crippen molar-refractivity contribution in [2.45, 2.75) is 24.7 Å². The Kier molecular flexibility index (Phi) is 4.95. The van der Waals surface area contributed by atoms with Crippen molar-refractivity contribution in [1.82, 2.24) is 14.5 Å². The molecule has 1 aromatic heterocycles. The van der Waals surface area contributed by atoms with Gasteiger partial charge in [-0.2, -0.15) is 5.10 Å². The zero-order valence-electron chi connectivity index (χ0n) is 11.1. The summed E-state index contributed by atoms with van der Waals surface area (Å²) in [6.07, 6.45) is 5.27. The van der Waals surface area contributed by atoms with Crippen molar-refractivity contribution in [2.24, 2.45) is 0 Å². The SMILES string of the molecule is CCCCNS(=O)(=O)c1ccc(-n2cc(Br)cn2)cc1. The second-order valence-electron chi connectivity index (χ2n) is 4.35. The zero-order chi connectivity index (χ0) is 14.6. The van der Waals surface area contributed by atoms with Gasteiger partial charge in [-0.15, -0.1) is 0 Å². The molecule has 1 heterocycles. The van der Waals surface area contributed by atoms with Crippen molar-refractivity contribution in [2.75, 3.05) is 6.54 Å². The quantitative estimate of drug-likeness (QED) is 0.808. The summed E-state index contributed by atoms with van der Waals surface area (Å²) >= 11 is 3.32. The van der Waals surface area contributed by atoms with Crippen molar-refractivity contribution in [3.8, 4) is 5.69 Å². The van der Waals surface area contributed by atoms with E-state index in [2.05, 4.69) is 25.8 Å². The second-order valence-corrected chi connectivity index (χ2v) is 7.03. The summed E-state index contributed by atoms with van der Waals surface area (Å²) in [6, 6.07) is 6.63. The van der Waals surface area contributed by atoms with Gasteiger partial charge in [0.2, 0.25) is 10.0 Å². The lowest BCUT2D eigenvalue weighted by Crippen LogP contribution is -2.24. The van der Waals surface area contributed by atoms with Crippen LogP contribution in [0.15, 0.2) is 46.0 Å². The number of halogens is 1. The standard InChI is InChI=1S/C13H16BrN3O2S/c1-2-3-8-16-20(18,19)13-6-4-12(5-7-13)17-10-11(14)9-15-17/h4-7,9-10,16H,2-3,8H2,1H3. The van der Waals surface area contributed by atoms with E-state index in [1.807, 2.05) is 13.1 Å². The molecule has 7 heteroatoms. The van der Waals surface area contributed by atoms with E-state index in [1.165, 1.54) is 0 Å². The highest BCUT2D eigenvalue weighted by molar-refractivity contribution is 9.10. The molecule has 0 amide bonds. The molecule has 0 atom stereocenters. The number of benzene rings is 1. The van der Waals surface area contributed by atoms with E-state index in [4.69, 9.17) is 0 Å². The molecule has 1 N–H and O–H groups in total. The molecule has 0 bridgehead atoms. The monoisotopic (exact) mass is 357 g/mol. The van der Waals surface area contributed by atoms with Gasteiger partial charge in [-0.3, -0.25) is 0 Å². The largest absolute Gasteiger partial charge is 0.240 e. The molecule has 108 valence electrons. The summed E-state index contributed by atoms with van der Waals surface area (Å²) in [7, 11) is -3.42. The van der Waals surface area contributed by atoms with Crippen LogP contribution in [0.4, 0.5) is 0 Å². The Hall–Kier alpha value is -1.18. The van der Waals surface area contributed by atoms with E-state index in [1.54, 1.807) is 35.1 Å². The Morgan fingerprint density at radius 3 is 2.55 bits per heavy atom. The maximum Gasteiger partial charge on any atom is 0.240 e. The van der Waals surface area contributed by atoms with Gasteiger partial charge in [0.05, 0.1) is 21.3 Å². The third-order valence-electron chi connectivity index (χ3n) is 2.79. The van der Waals surface area contributed by atoms with E-state index in [9.17, 15) is 8.42 Å². The van der Waals surface area contributed by atoms with Crippen LogP contribution in [0.1, 0.15) is 19.8 Å². The first-order valence-electron chi connectivity index (χ1n) is 6.33. The average molecular weight is 358 g/mol. The maximum absolute atomic E-state index is 12.0. The Labute approximate surface area is 127 Å². The first kappa shape index (κ1) is 15.2. The highest BCUT2D eigenvalue weighted by Gasteiger charge is 2.13. The minimum atomic E-state index is -3.42. The van der Waals surface area contributed by atoms with Gasteiger partial charge >= 0.3 is 0 Å². The number of hydrogen-bond donors (Lipinski definition) is 1. The first-order chi connectivity index (χ1) is 9.53. The van der Waals surface area contributed by atoms with Crippen LogP contribution < -0.4 is 4.72 Å². The minimum Gasteiger partial charge on any atom is -0.240 e. The van der Waals surface area contributed by atoms with Crippen LogP contribution in [0.5, 0.6) is 0 Å². The van der Waals surface area contributed by atoms with Gasteiger partial charge < -0.3 is 0 Å². The van der Waals surface area contributed by atoms with Gasteiger partial charge in [0.1, 0.15) is 0 Å².